The Hall–Kier alpha value is -0.910. The number of nitrogens with zero attached hydrogens (tertiary/aromatic N) is 2. The summed E-state index contributed by atoms with van der Waals surface area (Å²) in [5.74, 6) is -1.38. The van der Waals surface area contributed by atoms with E-state index in [1.54, 1.807) is 0 Å². The molecule has 0 amide bonds. The van der Waals surface area contributed by atoms with Gasteiger partial charge in [0.15, 0.2) is 0 Å². The van der Waals surface area contributed by atoms with Crippen LogP contribution in [0.15, 0.2) is 9.98 Å². The van der Waals surface area contributed by atoms with Crippen molar-refractivity contribution >= 4 is 23.1 Å². The summed E-state index contributed by atoms with van der Waals surface area (Å²) in [5.41, 5.74) is 1.35. The molecule has 0 saturated carbocycles. The van der Waals surface area contributed by atoms with Crippen LogP contribution in [0.25, 0.3) is 0 Å². The number of hydrogen-bond donors (Lipinski definition) is 2. The van der Waals surface area contributed by atoms with Crippen LogP contribution in [0.3, 0.4) is 0 Å². The molecule has 1 rings (SSSR count). The molecule has 0 bridgehead atoms. The molecule has 1 heterocycles. The van der Waals surface area contributed by atoms with E-state index in [0.29, 0.717) is 31.1 Å². The molecule has 1 fully saturated rings. The first-order valence-electron chi connectivity index (χ1n) is 7.34. The highest BCUT2D eigenvalue weighted by Gasteiger charge is 2.40. The van der Waals surface area contributed by atoms with Crippen molar-refractivity contribution in [1.82, 2.24) is 10.8 Å². The van der Waals surface area contributed by atoms with E-state index in [0.717, 1.165) is 0 Å². The minimum absolute atomic E-state index is 0.0572. The number of ether oxygens (including phenoxy) is 1. The molecule has 0 aromatic rings. The monoisotopic (exact) mass is 374 g/mol. The molecular weight excluding hydrogens is 352 g/mol. The topological polar surface area (TPSA) is 67.2 Å². The summed E-state index contributed by atoms with van der Waals surface area (Å²) >= 11 is 0.0572. The average Bonchev–Trinajstić information content (AvgIpc) is 2.54. The maximum atomic E-state index is 13.2. The Morgan fingerprint density at radius 2 is 2.00 bits per heavy atom. The normalized spacial score (nSPS) is 20.8. The maximum absolute atomic E-state index is 13.2. The van der Waals surface area contributed by atoms with Crippen molar-refractivity contribution in [2.75, 3.05) is 33.9 Å². The molecule has 1 aliphatic heterocycles. The second-order valence-corrected chi connectivity index (χ2v) is 5.83. The van der Waals surface area contributed by atoms with Crippen LogP contribution < -0.4 is 10.8 Å². The molecule has 1 unspecified atom stereocenters. The summed E-state index contributed by atoms with van der Waals surface area (Å²) in [4.78, 5) is 11.8. The van der Waals surface area contributed by atoms with Gasteiger partial charge >= 0.3 is 12.1 Å². The summed E-state index contributed by atoms with van der Waals surface area (Å²) in [5, 5.41) is 3.19. The first-order valence-corrected chi connectivity index (χ1v) is 8.06. The molecule has 6 nitrogen and oxygen atoms in total. The van der Waals surface area contributed by atoms with E-state index in [1.807, 2.05) is 5.48 Å². The van der Waals surface area contributed by atoms with E-state index in [9.17, 15) is 17.1 Å². The molecule has 2 N–H and O–H groups in total. The molecule has 11 heteroatoms. The van der Waals surface area contributed by atoms with Gasteiger partial charge in [0.2, 0.25) is 0 Å². The van der Waals surface area contributed by atoms with Crippen molar-refractivity contribution in [2.45, 2.75) is 32.1 Å². The Labute approximate surface area is 142 Å². The number of aliphatic imine (C=N–C) groups is 2. The lowest BCUT2D eigenvalue weighted by Gasteiger charge is -2.37. The van der Waals surface area contributed by atoms with E-state index in [4.69, 9.17) is 4.74 Å². The average molecular weight is 374 g/mol. The third kappa shape index (κ3) is 5.87. The van der Waals surface area contributed by atoms with Gasteiger partial charge in [0.25, 0.3) is 0 Å². The highest BCUT2D eigenvalue weighted by atomic mass is 32.2. The molecule has 1 atom stereocenters. The fourth-order valence-electron chi connectivity index (χ4n) is 2.40. The number of halogens is 4. The van der Waals surface area contributed by atoms with Crippen molar-refractivity contribution in [1.29, 1.82) is 0 Å². The number of alkyl halides is 3. The lowest BCUT2D eigenvalue weighted by Crippen LogP contribution is -2.46. The summed E-state index contributed by atoms with van der Waals surface area (Å²) in [6, 6.07) is 0. The Bertz CT molecular complexity index is 454. The first kappa shape index (κ1) is 21.1. The smallest absolute Gasteiger partial charge is 0.384 e. The highest BCUT2D eigenvalue weighted by Crippen LogP contribution is 2.36. The zero-order chi connectivity index (χ0) is 18.2. The zero-order valence-electron chi connectivity index (χ0n) is 13.7. The van der Waals surface area contributed by atoms with Crippen LogP contribution in [-0.4, -0.2) is 57.1 Å². The van der Waals surface area contributed by atoms with E-state index in [2.05, 4.69) is 20.1 Å². The van der Waals surface area contributed by atoms with Crippen molar-refractivity contribution in [2.24, 2.45) is 15.4 Å². The Balaban J connectivity index is 2.82. The van der Waals surface area contributed by atoms with Crippen LogP contribution in [0.4, 0.5) is 17.1 Å². The number of hydrogen-bond acceptors (Lipinski definition) is 7. The lowest BCUT2D eigenvalue weighted by molar-refractivity contribution is -0.0844. The van der Waals surface area contributed by atoms with Crippen molar-refractivity contribution < 1.29 is 26.6 Å². The molecular formula is C13H22F4N4O2S. The summed E-state index contributed by atoms with van der Waals surface area (Å²) < 4.78 is 56.8. The highest BCUT2D eigenvalue weighted by molar-refractivity contribution is 8.09. The van der Waals surface area contributed by atoms with Gasteiger partial charge in [-0.2, -0.15) is 22.5 Å². The fourth-order valence-corrected chi connectivity index (χ4v) is 2.91. The van der Waals surface area contributed by atoms with Crippen molar-refractivity contribution in [3.8, 4) is 0 Å². The fraction of sp³-hybridized carbons (Fsp3) is 0.846. The van der Waals surface area contributed by atoms with E-state index in [1.165, 1.54) is 21.0 Å². The minimum Gasteiger partial charge on any atom is -0.384 e. The summed E-state index contributed by atoms with van der Waals surface area (Å²) in [7, 11) is 2.70. The summed E-state index contributed by atoms with van der Waals surface area (Å²) in [6.07, 6.45) is -4.53. The van der Waals surface area contributed by atoms with Crippen LogP contribution in [0.2, 0.25) is 0 Å². The van der Waals surface area contributed by atoms with Gasteiger partial charge in [0.1, 0.15) is 11.2 Å². The molecule has 24 heavy (non-hydrogen) atoms. The molecule has 1 aliphatic rings. The second-order valence-electron chi connectivity index (χ2n) is 5.29. The van der Waals surface area contributed by atoms with Gasteiger partial charge in [0, 0.05) is 39.3 Å². The quantitative estimate of drug-likeness (QED) is 0.324. The summed E-state index contributed by atoms with van der Waals surface area (Å²) in [6.45, 7) is 2.57. The van der Waals surface area contributed by atoms with E-state index >= 15 is 0 Å². The molecule has 0 radical (unpaired) electrons. The van der Waals surface area contributed by atoms with Gasteiger partial charge in [-0.15, -0.1) is 0 Å². The first-order chi connectivity index (χ1) is 11.3. The number of hydroxylamine groups is 1. The van der Waals surface area contributed by atoms with Crippen LogP contribution in [0, 0.1) is 5.41 Å². The van der Waals surface area contributed by atoms with E-state index in [-0.39, 0.29) is 18.7 Å². The molecule has 1 saturated heterocycles. The van der Waals surface area contributed by atoms with Gasteiger partial charge in [-0.05, 0) is 19.8 Å². The number of nitrogens with one attached hydrogen (secondary N) is 2. The predicted octanol–water partition coefficient (Wildman–Crippen LogP) is 2.48. The second kappa shape index (κ2) is 9.54. The van der Waals surface area contributed by atoms with Crippen LogP contribution in [0.1, 0.15) is 19.8 Å². The van der Waals surface area contributed by atoms with Gasteiger partial charge in [-0.3, -0.25) is 10.3 Å². The maximum Gasteiger partial charge on any atom is 0.470 e. The number of rotatable bonds is 6. The lowest BCUT2D eigenvalue weighted by atomic mass is 9.81. The third-order valence-corrected chi connectivity index (χ3v) is 4.43. The molecule has 0 aromatic heterocycles. The predicted molar refractivity (Wildman–Crippen MR) is 85.6 cm³/mol. The molecule has 140 valence electrons. The molecule has 0 spiro atoms. The van der Waals surface area contributed by atoms with Gasteiger partial charge in [0.05, 0.1) is 12.1 Å². The van der Waals surface area contributed by atoms with Gasteiger partial charge in [-0.1, -0.05) is 0 Å². The Morgan fingerprint density at radius 3 is 2.46 bits per heavy atom. The van der Waals surface area contributed by atoms with Crippen LogP contribution >= 0.6 is 12.1 Å². The zero-order valence-corrected chi connectivity index (χ0v) is 14.6. The largest absolute Gasteiger partial charge is 0.470 e. The van der Waals surface area contributed by atoms with Crippen molar-refractivity contribution in [3.63, 3.8) is 0 Å². The van der Waals surface area contributed by atoms with E-state index < -0.39 is 23.7 Å². The molecule has 0 aromatic carbocycles. The SMILES string of the molecule is CN=C(SF)C1(CNC(C)N=C(ONC)C(F)(F)F)CCOCC1. The Kier molecular flexibility index (Phi) is 8.40. The minimum atomic E-state index is -4.71. The van der Waals surface area contributed by atoms with Gasteiger partial charge < -0.3 is 9.57 Å². The van der Waals surface area contributed by atoms with Crippen LogP contribution in [0.5, 0.6) is 0 Å². The molecule has 0 aliphatic carbocycles. The third-order valence-electron chi connectivity index (χ3n) is 3.67. The van der Waals surface area contributed by atoms with Crippen molar-refractivity contribution in [3.05, 3.63) is 0 Å². The standard InChI is InChI=1S/C13H22F4N4O2S/c1-9(21-10(23-19-3)13(14,15)16)20-8-12(11(18-2)24-17)4-6-22-7-5-12/h9,19-20H,4-8H2,1-3H3. The Morgan fingerprint density at radius 1 is 1.38 bits per heavy atom. The van der Waals surface area contributed by atoms with Crippen LogP contribution in [-0.2, 0) is 9.57 Å². The van der Waals surface area contributed by atoms with Gasteiger partial charge in [-0.25, -0.2) is 4.99 Å².